The van der Waals surface area contributed by atoms with Gasteiger partial charge in [-0.2, -0.15) is 12.1 Å². The van der Waals surface area contributed by atoms with Gasteiger partial charge < -0.3 is 48.5 Å². The van der Waals surface area contributed by atoms with Gasteiger partial charge in [0.15, 0.2) is 0 Å². The van der Waals surface area contributed by atoms with E-state index in [1.807, 2.05) is 74.4 Å². The van der Waals surface area contributed by atoms with E-state index in [0.717, 1.165) is 11.4 Å². The van der Waals surface area contributed by atoms with Crippen LogP contribution in [0.2, 0.25) is 0 Å². The van der Waals surface area contributed by atoms with E-state index in [1.54, 1.807) is 0 Å². The SMILES string of the molecule is CN(C)c1c[c-]c(Oc2[c-]cc(N(C)C)cc2)cc1.[Br-].[Br-].[Mg+2].[Mg+2]. The molecular weight excluding hydrogens is 445 g/mol. The smallest absolute Gasteiger partial charge is 1.00 e. The number of benzene rings is 2. The number of anilines is 2. The maximum Gasteiger partial charge on any atom is 2.00 e. The fourth-order valence-electron chi connectivity index (χ4n) is 1.61. The molecular formula is C16H18Br2Mg2N2O. The van der Waals surface area contributed by atoms with E-state index >= 15 is 0 Å². The van der Waals surface area contributed by atoms with E-state index in [2.05, 4.69) is 12.1 Å². The van der Waals surface area contributed by atoms with Gasteiger partial charge in [0.25, 0.3) is 0 Å². The molecule has 2 aromatic carbocycles. The van der Waals surface area contributed by atoms with Gasteiger partial charge in [-0.3, -0.25) is 0 Å². The molecule has 7 heteroatoms. The van der Waals surface area contributed by atoms with Crippen LogP contribution in [-0.2, 0) is 0 Å². The first-order valence-electron chi connectivity index (χ1n) is 6.12. The summed E-state index contributed by atoms with van der Waals surface area (Å²) >= 11 is 0. The largest absolute Gasteiger partial charge is 2.00 e. The van der Waals surface area contributed by atoms with Crippen molar-refractivity contribution in [3.8, 4) is 11.5 Å². The number of hydrogen-bond acceptors (Lipinski definition) is 3. The monoisotopic (exact) mass is 460 g/mol. The van der Waals surface area contributed by atoms with Gasteiger partial charge in [-0.25, -0.2) is 0 Å². The van der Waals surface area contributed by atoms with Gasteiger partial charge in [0.2, 0.25) is 0 Å². The number of halogens is 2. The van der Waals surface area contributed by atoms with E-state index < -0.39 is 0 Å². The molecule has 0 fully saturated rings. The minimum absolute atomic E-state index is 0. The first kappa shape index (κ1) is 28.1. The molecule has 0 spiro atoms. The Labute approximate surface area is 192 Å². The minimum Gasteiger partial charge on any atom is -1.00 e. The fraction of sp³-hybridized carbons (Fsp3) is 0.250. The molecule has 0 radical (unpaired) electrons. The summed E-state index contributed by atoms with van der Waals surface area (Å²) in [5.41, 5.74) is 2.19. The van der Waals surface area contributed by atoms with Crippen molar-refractivity contribution in [1.29, 1.82) is 0 Å². The van der Waals surface area contributed by atoms with Crippen LogP contribution in [0.5, 0.6) is 11.5 Å². The normalized spacial score (nSPS) is 8.35. The first-order chi connectivity index (χ1) is 9.06. The molecule has 0 aliphatic carbocycles. The van der Waals surface area contributed by atoms with Crippen LogP contribution in [0.15, 0.2) is 36.4 Å². The van der Waals surface area contributed by atoms with Gasteiger partial charge in [-0.1, -0.05) is 11.4 Å². The molecule has 23 heavy (non-hydrogen) atoms. The molecule has 0 aliphatic rings. The predicted octanol–water partition coefficient (Wildman–Crippen LogP) is -3.54. The topological polar surface area (TPSA) is 15.7 Å². The quantitative estimate of drug-likeness (QED) is 0.346. The van der Waals surface area contributed by atoms with Crippen LogP contribution in [-0.4, -0.2) is 74.3 Å². The molecule has 2 aromatic rings. The molecule has 0 aromatic heterocycles. The Balaban J connectivity index is -0.000001000. The Bertz CT molecular complexity index is 485. The summed E-state index contributed by atoms with van der Waals surface area (Å²) in [6.45, 7) is 0. The predicted molar refractivity (Wildman–Crippen MR) is 90.8 cm³/mol. The Morgan fingerprint density at radius 3 is 1.26 bits per heavy atom. The third-order valence-corrected chi connectivity index (χ3v) is 2.79. The molecule has 0 N–H and O–H groups in total. The van der Waals surface area contributed by atoms with Crippen LogP contribution in [0, 0.1) is 12.1 Å². The maximum absolute atomic E-state index is 5.70. The Morgan fingerprint density at radius 1 is 0.696 bits per heavy atom. The molecule has 116 valence electrons. The van der Waals surface area contributed by atoms with Crippen molar-refractivity contribution in [3.63, 3.8) is 0 Å². The Hall–Kier alpha value is 0.332. The van der Waals surface area contributed by atoms with Crippen LogP contribution < -0.4 is 48.5 Å². The van der Waals surface area contributed by atoms with Crippen molar-refractivity contribution in [3.05, 3.63) is 48.5 Å². The molecule has 0 aliphatic heterocycles. The average Bonchev–Trinajstić information content (AvgIpc) is 2.40. The Morgan fingerprint density at radius 2 is 1.04 bits per heavy atom. The Kier molecular flexibility index (Phi) is 16.6. The summed E-state index contributed by atoms with van der Waals surface area (Å²) in [5, 5.41) is 0. The summed E-state index contributed by atoms with van der Waals surface area (Å²) in [7, 11) is 7.99. The summed E-state index contributed by atoms with van der Waals surface area (Å²) in [5.74, 6) is 1.39. The number of hydrogen-bond donors (Lipinski definition) is 0. The van der Waals surface area contributed by atoms with Gasteiger partial charge in [-0.15, -0.1) is 36.4 Å². The molecule has 0 unspecified atom stereocenters. The molecule has 3 nitrogen and oxygen atoms in total. The second-order valence-corrected chi connectivity index (χ2v) is 4.71. The molecule has 0 heterocycles. The fourth-order valence-corrected chi connectivity index (χ4v) is 1.61. The van der Waals surface area contributed by atoms with E-state index in [9.17, 15) is 0 Å². The van der Waals surface area contributed by atoms with Crippen LogP contribution in [0.4, 0.5) is 11.4 Å². The van der Waals surface area contributed by atoms with Crippen molar-refractivity contribution in [2.75, 3.05) is 38.0 Å². The molecule has 0 bridgehead atoms. The second-order valence-electron chi connectivity index (χ2n) is 4.71. The van der Waals surface area contributed by atoms with E-state index in [1.165, 1.54) is 0 Å². The molecule has 2 rings (SSSR count). The van der Waals surface area contributed by atoms with Crippen LogP contribution >= 0.6 is 0 Å². The molecule has 0 saturated carbocycles. The number of rotatable bonds is 4. The van der Waals surface area contributed by atoms with E-state index in [0.29, 0.717) is 11.5 Å². The third-order valence-electron chi connectivity index (χ3n) is 2.79. The van der Waals surface area contributed by atoms with Crippen molar-refractivity contribution in [2.45, 2.75) is 0 Å². The zero-order valence-electron chi connectivity index (χ0n) is 13.9. The van der Waals surface area contributed by atoms with E-state index in [-0.39, 0.29) is 80.1 Å². The number of ether oxygens (including phenoxy) is 1. The van der Waals surface area contributed by atoms with Gasteiger partial charge in [0, 0.05) is 11.5 Å². The van der Waals surface area contributed by atoms with Crippen molar-refractivity contribution in [1.82, 2.24) is 0 Å². The average molecular weight is 463 g/mol. The van der Waals surface area contributed by atoms with Crippen molar-refractivity contribution >= 4 is 57.5 Å². The second kappa shape index (κ2) is 13.6. The van der Waals surface area contributed by atoms with Crippen LogP contribution in [0.1, 0.15) is 0 Å². The van der Waals surface area contributed by atoms with Crippen LogP contribution in [0.25, 0.3) is 0 Å². The van der Waals surface area contributed by atoms with Gasteiger partial charge in [0.05, 0.1) is 0 Å². The maximum atomic E-state index is 5.70. The number of nitrogens with zero attached hydrogens (tertiary/aromatic N) is 2. The zero-order chi connectivity index (χ0) is 13.8. The summed E-state index contributed by atoms with van der Waals surface area (Å²) in [4.78, 5) is 4.05. The minimum atomic E-state index is 0. The third kappa shape index (κ3) is 8.83. The van der Waals surface area contributed by atoms with Crippen molar-refractivity contribution in [2.24, 2.45) is 0 Å². The zero-order valence-corrected chi connectivity index (χ0v) is 19.9. The molecule has 0 atom stereocenters. The summed E-state index contributed by atoms with van der Waals surface area (Å²) in [6.07, 6.45) is 0. The van der Waals surface area contributed by atoms with Gasteiger partial charge >= 0.3 is 46.1 Å². The van der Waals surface area contributed by atoms with Gasteiger partial charge in [0.1, 0.15) is 0 Å². The summed E-state index contributed by atoms with van der Waals surface area (Å²) < 4.78 is 5.70. The molecule has 0 amide bonds. The standard InChI is InChI=1S/C16H18N2O.2BrH.2Mg/c1-17(2)13-5-9-15(10-6-13)19-16-11-7-14(8-12-16)18(3)4;;;;/h5-9,11H,1-4H3;2*1H;;/q-2;;;2*+2/p-2. The first-order valence-corrected chi connectivity index (χ1v) is 6.12. The van der Waals surface area contributed by atoms with E-state index in [4.69, 9.17) is 4.74 Å². The van der Waals surface area contributed by atoms with Crippen molar-refractivity contribution < 1.29 is 38.7 Å². The van der Waals surface area contributed by atoms with Crippen LogP contribution in [0.3, 0.4) is 0 Å². The summed E-state index contributed by atoms with van der Waals surface area (Å²) in [6, 6.07) is 17.8. The molecule has 0 saturated heterocycles. The van der Waals surface area contributed by atoms with Gasteiger partial charge in [-0.05, 0) is 28.2 Å².